The van der Waals surface area contributed by atoms with E-state index in [0.29, 0.717) is 0 Å². The molecule has 4 heteroatoms. The van der Waals surface area contributed by atoms with Gasteiger partial charge in [0, 0.05) is 91.6 Å². The monoisotopic (exact) mass is 320 g/mol. The molecule has 0 aliphatic rings. The van der Waals surface area contributed by atoms with Crippen molar-refractivity contribution < 1.29 is 91.6 Å². The van der Waals surface area contributed by atoms with Gasteiger partial charge >= 0.3 is 0 Å². The van der Waals surface area contributed by atoms with Crippen LogP contribution < -0.4 is 0 Å². The average Bonchev–Trinajstić information content (AvgIpc) is 0. The summed E-state index contributed by atoms with van der Waals surface area (Å²) in [7, 11) is 0. The van der Waals surface area contributed by atoms with Crippen LogP contribution in [0.25, 0.3) is 0 Å². The minimum atomic E-state index is 0. The topological polar surface area (TPSA) is 0 Å². The van der Waals surface area contributed by atoms with E-state index in [9.17, 15) is 0 Å². The van der Waals surface area contributed by atoms with Gasteiger partial charge < -0.3 is 0 Å². The largest absolute Gasteiger partial charge is 0 e. The average molecular weight is 318 g/mol. The smallest absolute Gasteiger partial charge is 0 e. The summed E-state index contributed by atoms with van der Waals surface area (Å²) in [6, 6.07) is 0. The van der Waals surface area contributed by atoms with Crippen LogP contribution in [0.15, 0.2) is 0 Å². The minimum absolute atomic E-state index is 0. The molecule has 4 heavy (non-hydrogen) atoms. The van der Waals surface area contributed by atoms with Crippen molar-refractivity contribution in [1.82, 2.24) is 0 Å². The van der Waals surface area contributed by atoms with Crippen molar-refractivity contribution in [3.05, 3.63) is 0 Å². The van der Waals surface area contributed by atoms with E-state index in [0.717, 1.165) is 0 Å². The van der Waals surface area contributed by atoms with Gasteiger partial charge in [-0.1, -0.05) is 0 Å². The Balaban J connectivity index is 0. The van der Waals surface area contributed by atoms with Crippen LogP contribution in [-0.2, 0) is 51.2 Å². The molecule has 0 N–H and O–H groups in total. The van der Waals surface area contributed by atoms with Crippen molar-refractivity contribution in [2.75, 3.05) is 0 Å². The van der Waals surface area contributed by atoms with Crippen LogP contribution in [-0.4, -0.2) is 0 Å². The molecule has 0 saturated heterocycles. The molecule has 0 nitrogen and oxygen atoms in total. The summed E-state index contributed by atoms with van der Waals surface area (Å²) in [5.74, 6) is 0. The van der Waals surface area contributed by atoms with Crippen molar-refractivity contribution in [2.24, 2.45) is 0 Å². The predicted molar refractivity (Wildman–Crippen MR) is 0 cm³/mol. The molecular weight excluding hydrogens is 318 g/mol. The summed E-state index contributed by atoms with van der Waals surface area (Å²) in [5.41, 5.74) is 0. The van der Waals surface area contributed by atoms with Gasteiger partial charge in [0.05, 0.1) is 0 Å². The molecule has 0 aromatic rings. The Labute approximate surface area is 89.8 Å². The third-order valence-corrected chi connectivity index (χ3v) is 0. The van der Waals surface area contributed by atoms with Gasteiger partial charge in [-0.15, -0.1) is 0 Å². The fraction of sp³-hybridized carbons (Fsp3) is 0. The molecule has 0 bridgehead atoms. The molecule has 0 fully saturated rings. The molecule has 0 heterocycles. The molecule has 0 aliphatic carbocycles. The molecule has 0 rings (SSSR count). The zero-order chi connectivity index (χ0) is 0. The molecule has 0 aliphatic heterocycles. The van der Waals surface area contributed by atoms with E-state index in [2.05, 4.69) is 0 Å². The van der Waals surface area contributed by atoms with Gasteiger partial charge in [-0.2, -0.15) is 0 Å². The van der Waals surface area contributed by atoms with E-state index in [-0.39, 0.29) is 91.6 Å². The van der Waals surface area contributed by atoms with Gasteiger partial charge in [-0.25, -0.2) is 0 Å². The van der Waals surface area contributed by atoms with Crippen molar-refractivity contribution in [1.29, 1.82) is 0 Å². The van der Waals surface area contributed by atoms with Gasteiger partial charge in [0.25, 0.3) is 0 Å². The molecule has 0 atom stereocenters. The van der Waals surface area contributed by atoms with Gasteiger partial charge in [0.1, 0.15) is 0 Å². The molecule has 30 valence electrons. The van der Waals surface area contributed by atoms with Crippen LogP contribution in [0, 0.1) is 40.4 Å². The van der Waals surface area contributed by atoms with Crippen LogP contribution in [0.2, 0.25) is 0 Å². The van der Waals surface area contributed by atoms with Crippen LogP contribution in [0.1, 0.15) is 0 Å². The maximum absolute atomic E-state index is 0. The standard InChI is InChI=1S/3Fe.Sm. The van der Waals surface area contributed by atoms with Crippen molar-refractivity contribution in [3.63, 3.8) is 0 Å². The van der Waals surface area contributed by atoms with Crippen LogP contribution in [0.4, 0.5) is 0 Å². The summed E-state index contributed by atoms with van der Waals surface area (Å²) in [6.45, 7) is 0. The number of hydrogen-bond acceptors (Lipinski definition) is 0. The summed E-state index contributed by atoms with van der Waals surface area (Å²) >= 11 is 0. The molecule has 0 spiro atoms. The Morgan fingerprint density at radius 1 is 0.500 bits per heavy atom. The first-order chi connectivity index (χ1) is 0. The van der Waals surface area contributed by atoms with E-state index in [4.69, 9.17) is 0 Å². The van der Waals surface area contributed by atoms with Gasteiger partial charge in [0.2, 0.25) is 0 Å². The molecule has 0 radical (unpaired) electrons. The van der Waals surface area contributed by atoms with E-state index < -0.39 is 0 Å². The summed E-state index contributed by atoms with van der Waals surface area (Å²) in [4.78, 5) is 0. The molecule has 0 unspecified atom stereocenters. The quantitative estimate of drug-likeness (QED) is 0.552. The van der Waals surface area contributed by atoms with Crippen LogP contribution >= 0.6 is 0 Å². The second kappa shape index (κ2) is 16.9. The Morgan fingerprint density at radius 3 is 0.500 bits per heavy atom. The Hall–Kier alpha value is 2.90. The van der Waals surface area contributed by atoms with E-state index in [1.165, 1.54) is 0 Å². The Kier molecular flexibility index (Phi) is 120. The molecule has 0 aromatic carbocycles. The summed E-state index contributed by atoms with van der Waals surface area (Å²) < 4.78 is 0. The predicted octanol–water partition coefficient (Wildman–Crippen LogP) is -0.00750. The van der Waals surface area contributed by atoms with Crippen LogP contribution in [0.5, 0.6) is 0 Å². The zero-order valence-corrected chi connectivity index (χ0v) is 7.40. The van der Waals surface area contributed by atoms with Gasteiger partial charge in [-0.05, 0) is 0 Å². The molecule has 0 aromatic heterocycles. The molecular formula is Fe3Sm. The normalized spacial score (nSPS) is 0. The SMILES string of the molecule is [Fe].[Fe].[Fe].[Sm]. The first-order valence-electron chi connectivity index (χ1n) is 0. The van der Waals surface area contributed by atoms with Gasteiger partial charge in [0.15, 0.2) is 0 Å². The Morgan fingerprint density at radius 2 is 0.500 bits per heavy atom. The third-order valence-electron chi connectivity index (χ3n) is 0. The molecule has 0 amide bonds. The number of hydrogen-bond donors (Lipinski definition) is 0. The van der Waals surface area contributed by atoms with Crippen molar-refractivity contribution >= 4 is 0 Å². The number of rotatable bonds is 0. The minimum Gasteiger partial charge on any atom is 0 e. The van der Waals surface area contributed by atoms with E-state index in [1.54, 1.807) is 0 Å². The summed E-state index contributed by atoms with van der Waals surface area (Å²) in [5, 5.41) is 0. The fourth-order valence-electron chi connectivity index (χ4n) is 0. The second-order valence-corrected chi connectivity index (χ2v) is 0. The molecule has 0 saturated carbocycles. The summed E-state index contributed by atoms with van der Waals surface area (Å²) in [6.07, 6.45) is 0. The second-order valence-electron chi connectivity index (χ2n) is 0. The zero-order valence-electron chi connectivity index (χ0n) is 1.47. The Bertz CT molecular complexity index is 3.25. The van der Waals surface area contributed by atoms with E-state index in [1.807, 2.05) is 0 Å². The first-order valence-corrected chi connectivity index (χ1v) is 0. The van der Waals surface area contributed by atoms with Crippen LogP contribution in [0.3, 0.4) is 0 Å². The first kappa shape index (κ1) is 28.6. The third kappa shape index (κ3) is 8.86. The van der Waals surface area contributed by atoms with Crippen molar-refractivity contribution in [2.45, 2.75) is 0 Å². The maximum atomic E-state index is 0. The van der Waals surface area contributed by atoms with Gasteiger partial charge in [-0.3, -0.25) is 0 Å². The maximum Gasteiger partial charge on any atom is 0 e. The fourth-order valence-corrected chi connectivity index (χ4v) is 0. The van der Waals surface area contributed by atoms with Crippen molar-refractivity contribution in [3.8, 4) is 0 Å². The van der Waals surface area contributed by atoms with E-state index >= 15 is 0 Å².